The summed E-state index contributed by atoms with van der Waals surface area (Å²) in [6.07, 6.45) is 1.59. The van der Waals surface area contributed by atoms with E-state index in [4.69, 9.17) is 8.92 Å². The summed E-state index contributed by atoms with van der Waals surface area (Å²) in [7, 11) is -3.61. The molecule has 6 heteroatoms. The van der Waals surface area contributed by atoms with Crippen LogP contribution in [0, 0.1) is 0 Å². The summed E-state index contributed by atoms with van der Waals surface area (Å²) < 4.78 is 31.8. The molecule has 0 bridgehead atoms. The normalized spacial score (nSPS) is 10.9. The molecule has 0 amide bonds. The van der Waals surface area contributed by atoms with E-state index in [0.717, 1.165) is 6.26 Å². The summed E-state index contributed by atoms with van der Waals surface area (Å²) in [5.41, 5.74) is 0.393. The van der Waals surface area contributed by atoms with Crippen LogP contribution in [0.25, 0.3) is 0 Å². The zero-order chi connectivity index (χ0) is 12.2. The van der Waals surface area contributed by atoms with Crippen molar-refractivity contribution in [3.05, 3.63) is 23.8 Å². The molecule has 0 N–H and O–H groups in total. The number of ether oxygens (including phenoxy) is 1. The molecule has 0 aliphatic rings. The van der Waals surface area contributed by atoms with Crippen molar-refractivity contribution in [3.63, 3.8) is 0 Å². The Balaban J connectivity index is 3.12. The van der Waals surface area contributed by atoms with Crippen molar-refractivity contribution in [1.82, 2.24) is 0 Å². The van der Waals surface area contributed by atoms with Gasteiger partial charge in [-0.25, -0.2) is 0 Å². The maximum atomic E-state index is 11.0. The van der Waals surface area contributed by atoms with Crippen molar-refractivity contribution in [2.24, 2.45) is 0 Å². The van der Waals surface area contributed by atoms with E-state index in [1.165, 1.54) is 18.2 Å². The average Bonchev–Trinajstić information content (AvgIpc) is 2.19. The maximum Gasteiger partial charge on any atom is 0.306 e. The highest BCUT2D eigenvalue weighted by molar-refractivity contribution is 7.86. The van der Waals surface area contributed by atoms with Gasteiger partial charge in [0.05, 0.1) is 12.9 Å². The molecule has 0 aromatic heterocycles. The fourth-order valence-corrected chi connectivity index (χ4v) is 1.56. The maximum absolute atomic E-state index is 11.0. The average molecular weight is 244 g/mol. The minimum atomic E-state index is -3.61. The van der Waals surface area contributed by atoms with Crippen LogP contribution in [-0.2, 0) is 10.1 Å². The van der Waals surface area contributed by atoms with Crippen LogP contribution in [0.15, 0.2) is 18.2 Å². The Morgan fingerprint density at radius 2 is 2.00 bits per heavy atom. The molecule has 0 spiro atoms. The second kappa shape index (κ2) is 4.98. The van der Waals surface area contributed by atoms with Gasteiger partial charge in [-0.15, -0.1) is 0 Å². The van der Waals surface area contributed by atoms with Gasteiger partial charge in [-0.05, 0) is 25.1 Å². The molecule has 0 unspecified atom stereocenters. The Morgan fingerprint density at radius 3 is 2.50 bits per heavy atom. The predicted molar refractivity (Wildman–Crippen MR) is 58.5 cm³/mol. The van der Waals surface area contributed by atoms with Crippen molar-refractivity contribution in [2.75, 3.05) is 12.9 Å². The largest absolute Gasteiger partial charge is 0.490 e. The second-order valence-electron chi connectivity index (χ2n) is 3.04. The molecule has 0 heterocycles. The molecule has 0 atom stereocenters. The van der Waals surface area contributed by atoms with E-state index in [2.05, 4.69) is 0 Å². The van der Waals surface area contributed by atoms with Crippen molar-refractivity contribution < 1.29 is 22.1 Å². The lowest BCUT2D eigenvalue weighted by atomic mass is 10.2. The number of benzene rings is 1. The molecule has 16 heavy (non-hydrogen) atoms. The first-order chi connectivity index (χ1) is 7.46. The van der Waals surface area contributed by atoms with Gasteiger partial charge in [0.1, 0.15) is 6.29 Å². The van der Waals surface area contributed by atoms with E-state index in [1.807, 2.05) is 0 Å². The summed E-state index contributed by atoms with van der Waals surface area (Å²) in [5.74, 6) is 0.312. The minimum absolute atomic E-state index is 0.0787. The standard InChI is InChI=1S/C10H12O5S/c1-3-14-10-6-8(7-11)4-5-9(10)15-16(2,12)13/h4-7H,3H2,1-2H3. The van der Waals surface area contributed by atoms with E-state index in [1.54, 1.807) is 6.92 Å². The molecule has 0 aliphatic heterocycles. The summed E-state index contributed by atoms with van der Waals surface area (Å²) in [6.45, 7) is 2.10. The molecule has 88 valence electrons. The van der Waals surface area contributed by atoms with Gasteiger partial charge in [-0.3, -0.25) is 4.79 Å². The SMILES string of the molecule is CCOc1cc(C=O)ccc1OS(C)(=O)=O. The van der Waals surface area contributed by atoms with Crippen LogP contribution in [0.4, 0.5) is 0 Å². The number of aldehydes is 1. The summed E-state index contributed by atoms with van der Waals surface area (Å²) in [5, 5.41) is 0. The third-order valence-corrected chi connectivity index (χ3v) is 2.13. The molecule has 0 aliphatic carbocycles. The number of hydrogen-bond donors (Lipinski definition) is 0. The Bertz CT molecular complexity index is 478. The van der Waals surface area contributed by atoms with Gasteiger partial charge >= 0.3 is 10.1 Å². The van der Waals surface area contributed by atoms with E-state index in [9.17, 15) is 13.2 Å². The Hall–Kier alpha value is -1.56. The van der Waals surface area contributed by atoms with Gasteiger partial charge in [-0.1, -0.05) is 0 Å². The monoisotopic (exact) mass is 244 g/mol. The first kappa shape index (κ1) is 12.5. The molecule has 0 saturated carbocycles. The van der Waals surface area contributed by atoms with Gasteiger partial charge in [0.15, 0.2) is 11.5 Å². The number of carbonyl (C=O) groups is 1. The van der Waals surface area contributed by atoms with Crippen LogP contribution in [0.3, 0.4) is 0 Å². The lowest BCUT2D eigenvalue weighted by Gasteiger charge is -2.10. The first-order valence-corrected chi connectivity index (χ1v) is 6.39. The Kier molecular flexibility index (Phi) is 3.89. The molecular formula is C10H12O5S. The van der Waals surface area contributed by atoms with Gasteiger partial charge in [0, 0.05) is 5.56 Å². The Morgan fingerprint density at radius 1 is 1.31 bits per heavy atom. The summed E-state index contributed by atoms with van der Waals surface area (Å²) >= 11 is 0. The highest BCUT2D eigenvalue weighted by Crippen LogP contribution is 2.28. The minimum Gasteiger partial charge on any atom is -0.490 e. The molecule has 0 fully saturated rings. The van der Waals surface area contributed by atoms with Crippen LogP contribution in [-0.4, -0.2) is 27.6 Å². The summed E-state index contributed by atoms with van der Waals surface area (Å²) in [4.78, 5) is 10.5. The third-order valence-electron chi connectivity index (χ3n) is 1.64. The molecule has 1 aromatic rings. The Labute approximate surface area is 94.1 Å². The van der Waals surface area contributed by atoms with Crippen molar-refractivity contribution in [1.29, 1.82) is 0 Å². The zero-order valence-electron chi connectivity index (χ0n) is 8.97. The predicted octanol–water partition coefficient (Wildman–Crippen LogP) is 1.24. The lowest BCUT2D eigenvalue weighted by Crippen LogP contribution is -2.07. The lowest BCUT2D eigenvalue weighted by molar-refractivity contribution is 0.112. The third kappa shape index (κ3) is 3.54. The van der Waals surface area contributed by atoms with Crippen molar-refractivity contribution in [2.45, 2.75) is 6.92 Å². The topological polar surface area (TPSA) is 69.7 Å². The van der Waals surface area contributed by atoms with E-state index >= 15 is 0 Å². The van der Waals surface area contributed by atoms with Crippen LogP contribution < -0.4 is 8.92 Å². The van der Waals surface area contributed by atoms with E-state index in [0.29, 0.717) is 18.5 Å². The van der Waals surface area contributed by atoms with Gasteiger partial charge in [0.25, 0.3) is 0 Å². The fourth-order valence-electron chi connectivity index (χ4n) is 1.10. The molecule has 5 nitrogen and oxygen atoms in total. The van der Waals surface area contributed by atoms with Crippen LogP contribution in [0.1, 0.15) is 17.3 Å². The van der Waals surface area contributed by atoms with Crippen LogP contribution in [0.2, 0.25) is 0 Å². The zero-order valence-corrected chi connectivity index (χ0v) is 9.78. The molecule has 1 aromatic carbocycles. The first-order valence-electron chi connectivity index (χ1n) is 4.57. The fraction of sp³-hybridized carbons (Fsp3) is 0.300. The van der Waals surface area contributed by atoms with E-state index in [-0.39, 0.29) is 11.5 Å². The highest BCUT2D eigenvalue weighted by atomic mass is 32.2. The quantitative estimate of drug-likeness (QED) is 0.575. The van der Waals surface area contributed by atoms with Gasteiger partial charge < -0.3 is 8.92 Å². The van der Waals surface area contributed by atoms with E-state index < -0.39 is 10.1 Å². The van der Waals surface area contributed by atoms with Crippen molar-refractivity contribution in [3.8, 4) is 11.5 Å². The van der Waals surface area contributed by atoms with Crippen LogP contribution >= 0.6 is 0 Å². The molecular weight excluding hydrogens is 232 g/mol. The molecule has 0 saturated heterocycles. The second-order valence-corrected chi connectivity index (χ2v) is 4.62. The number of rotatable bonds is 5. The van der Waals surface area contributed by atoms with Crippen molar-refractivity contribution >= 4 is 16.4 Å². The number of carbonyl (C=O) groups excluding carboxylic acids is 1. The number of hydrogen-bond acceptors (Lipinski definition) is 5. The van der Waals surface area contributed by atoms with Gasteiger partial charge in [-0.2, -0.15) is 8.42 Å². The highest BCUT2D eigenvalue weighted by Gasteiger charge is 2.11. The van der Waals surface area contributed by atoms with Crippen LogP contribution in [0.5, 0.6) is 11.5 Å². The smallest absolute Gasteiger partial charge is 0.306 e. The van der Waals surface area contributed by atoms with Gasteiger partial charge in [0.2, 0.25) is 0 Å². The summed E-state index contributed by atoms with van der Waals surface area (Å²) in [6, 6.07) is 4.27. The molecule has 1 rings (SSSR count). The molecule has 0 radical (unpaired) electrons.